The van der Waals surface area contributed by atoms with Crippen LogP contribution in [0.5, 0.6) is 0 Å². The highest BCUT2D eigenvalue weighted by Gasteiger charge is 2.36. The number of hydrogen-bond acceptors (Lipinski definition) is 3. The zero-order valence-electron chi connectivity index (χ0n) is 11.0. The molecule has 0 amide bonds. The molecule has 3 heteroatoms. The van der Waals surface area contributed by atoms with Crippen LogP contribution in [0.25, 0.3) is 0 Å². The van der Waals surface area contributed by atoms with Crippen molar-refractivity contribution in [2.75, 3.05) is 32.8 Å². The molecule has 0 bridgehead atoms. The molecule has 1 atom stereocenters. The van der Waals surface area contributed by atoms with Crippen molar-refractivity contribution in [1.29, 1.82) is 0 Å². The third-order valence-electron chi connectivity index (χ3n) is 4.34. The second kappa shape index (κ2) is 5.96. The molecule has 0 saturated carbocycles. The van der Waals surface area contributed by atoms with E-state index in [0.717, 1.165) is 38.5 Å². The summed E-state index contributed by atoms with van der Waals surface area (Å²) in [5.41, 5.74) is -0.112. The van der Waals surface area contributed by atoms with E-state index in [4.69, 9.17) is 4.74 Å². The number of hydrogen-bond donors (Lipinski definition) is 0. The van der Waals surface area contributed by atoms with Gasteiger partial charge in [-0.2, -0.15) is 0 Å². The summed E-state index contributed by atoms with van der Waals surface area (Å²) >= 11 is 0. The lowest BCUT2D eigenvalue weighted by Gasteiger charge is -2.35. The van der Waals surface area contributed by atoms with E-state index in [9.17, 15) is 4.79 Å². The summed E-state index contributed by atoms with van der Waals surface area (Å²) in [6.07, 6.45) is 6.96. The first-order valence-corrected chi connectivity index (χ1v) is 7.04. The third kappa shape index (κ3) is 3.29. The molecule has 0 spiro atoms. The van der Waals surface area contributed by atoms with Gasteiger partial charge in [0.2, 0.25) is 0 Å². The van der Waals surface area contributed by atoms with Crippen LogP contribution < -0.4 is 0 Å². The van der Waals surface area contributed by atoms with Gasteiger partial charge in [-0.1, -0.05) is 13.3 Å². The molecule has 2 aliphatic rings. The summed E-state index contributed by atoms with van der Waals surface area (Å²) in [6.45, 7) is 7.11. The molecule has 0 aliphatic carbocycles. The second-order valence-electron chi connectivity index (χ2n) is 5.77. The van der Waals surface area contributed by atoms with E-state index in [1.807, 2.05) is 0 Å². The van der Waals surface area contributed by atoms with Gasteiger partial charge in [-0.15, -0.1) is 0 Å². The van der Waals surface area contributed by atoms with Crippen molar-refractivity contribution in [3.8, 4) is 0 Å². The molecule has 2 aliphatic heterocycles. The Balaban J connectivity index is 1.85. The maximum absolute atomic E-state index is 11.4. The van der Waals surface area contributed by atoms with E-state index in [1.54, 1.807) is 0 Å². The predicted molar refractivity (Wildman–Crippen MR) is 68.0 cm³/mol. The van der Waals surface area contributed by atoms with Crippen LogP contribution in [0.15, 0.2) is 0 Å². The normalized spacial score (nSPS) is 29.4. The van der Waals surface area contributed by atoms with E-state index >= 15 is 0 Å². The summed E-state index contributed by atoms with van der Waals surface area (Å²) in [5.74, 6) is 0.864. The van der Waals surface area contributed by atoms with Crippen molar-refractivity contribution < 1.29 is 9.53 Å². The molecule has 3 nitrogen and oxygen atoms in total. The summed E-state index contributed by atoms with van der Waals surface area (Å²) in [7, 11) is 0. The van der Waals surface area contributed by atoms with Gasteiger partial charge in [0, 0.05) is 31.7 Å². The van der Waals surface area contributed by atoms with E-state index < -0.39 is 0 Å². The first kappa shape index (κ1) is 13.0. The van der Waals surface area contributed by atoms with Crippen LogP contribution >= 0.6 is 0 Å². The highest BCUT2D eigenvalue weighted by molar-refractivity contribution is 5.60. The number of aldehydes is 1. The SMILES string of the molecule is CCCC1CCN(CC2(C=O)CCOCC2)C1. The number of likely N-dealkylation sites (tertiary alicyclic amines) is 1. The molecule has 1 unspecified atom stereocenters. The zero-order chi connectivity index (χ0) is 12.1. The number of rotatable bonds is 5. The number of carbonyl (C=O) groups excluding carboxylic acids is 1. The van der Waals surface area contributed by atoms with Crippen LogP contribution in [-0.2, 0) is 9.53 Å². The first-order chi connectivity index (χ1) is 8.28. The average molecular weight is 239 g/mol. The zero-order valence-corrected chi connectivity index (χ0v) is 11.0. The molecule has 2 fully saturated rings. The highest BCUT2D eigenvalue weighted by Crippen LogP contribution is 2.31. The Hall–Kier alpha value is -0.410. The maximum Gasteiger partial charge on any atom is 0.127 e. The monoisotopic (exact) mass is 239 g/mol. The fourth-order valence-corrected chi connectivity index (χ4v) is 3.24. The fourth-order valence-electron chi connectivity index (χ4n) is 3.24. The van der Waals surface area contributed by atoms with Crippen molar-refractivity contribution >= 4 is 6.29 Å². The predicted octanol–water partition coefficient (Wildman–Crippen LogP) is 2.10. The molecule has 17 heavy (non-hydrogen) atoms. The Kier molecular flexibility index (Phi) is 4.57. The van der Waals surface area contributed by atoms with E-state index in [2.05, 4.69) is 11.8 Å². The lowest BCUT2D eigenvalue weighted by Crippen LogP contribution is -2.41. The molecule has 0 aromatic rings. The van der Waals surface area contributed by atoms with Gasteiger partial charge in [0.05, 0.1) is 0 Å². The number of carbonyl (C=O) groups is 1. The molecule has 0 aromatic heterocycles. The highest BCUT2D eigenvalue weighted by atomic mass is 16.5. The van der Waals surface area contributed by atoms with Crippen molar-refractivity contribution in [2.45, 2.75) is 39.0 Å². The number of ether oxygens (including phenoxy) is 1. The van der Waals surface area contributed by atoms with Crippen LogP contribution in [0, 0.1) is 11.3 Å². The summed E-state index contributed by atoms with van der Waals surface area (Å²) in [6, 6.07) is 0. The Bertz CT molecular complexity index is 249. The summed E-state index contributed by atoms with van der Waals surface area (Å²) < 4.78 is 5.37. The number of nitrogens with zero attached hydrogens (tertiary/aromatic N) is 1. The second-order valence-corrected chi connectivity index (χ2v) is 5.77. The lowest BCUT2D eigenvalue weighted by molar-refractivity contribution is -0.122. The van der Waals surface area contributed by atoms with Gasteiger partial charge < -0.3 is 14.4 Å². The van der Waals surface area contributed by atoms with Crippen LogP contribution in [0.4, 0.5) is 0 Å². The van der Waals surface area contributed by atoms with Gasteiger partial charge in [0.15, 0.2) is 0 Å². The van der Waals surface area contributed by atoms with Gasteiger partial charge in [0.25, 0.3) is 0 Å². The molecule has 0 radical (unpaired) electrons. The molecule has 0 N–H and O–H groups in total. The maximum atomic E-state index is 11.4. The standard InChI is InChI=1S/C14H25NO2/c1-2-3-13-4-7-15(10-13)11-14(12-16)5-8-17-9-6-14/h12-13H,2-11H2,1H3. The fraction of sp³-hybridized carbons (Fsp3) is 0.929. The minimum atomic E-state index is -0.112. The topological polar surface area (TPSA) is 29.5 Å². The van der Waals surface area contributed by atoms with Crippen molar-refractivity contribution in [3.05, 3.63) is 0 Å². The van der Waals surface area contributed by atoms with Crippen LogP contribution in [0.3, 0.4) is 0 Å². The third-order valence-corrected chi connectivity index (χ3v) is 4.34. The Morgan fingerprint density at radius 1 is 1.41 bits per heavy atom. The minimum absolute atomic E-state index is 0.112. The summed E-state index contributed by atoms with van der Waals surface area (Å²) in [4.78, 5) is 13.9. The Morgan fingerprint density at radius 3 is 2.82 bits per heavy atom. The van der Waals surface area contributed by atoms with Gasteiger partial charge in [0.1, 0.15) is 6.29 Å². The summed E-state index contributed by atoms with van der Waals surface area (Å²) in [5, 5.41) is 0. The van der Waals surface area contributed by atoms with Gasteiger partial charge in [-0.3, -0.25) is 0 Å². The van der Waals surface area contributed by atoms with Crippen LogP contribution in [0.1, 0.15) is 39.0 Å². The van der Waals surface area contributed by atoms with Crippen LogP contribution in [-0.4, -0.2) is 44.0 Å². The van der Waals surface area contributed by atoms with Gasteiger partial charge >= 0.3 is 0 Å². The average Bonchev–Trinajstić information content (AvgIpc) is 2.78. The molecular weight excluding hydrogens is 214 g/mol. The lowest BCUT2D eigenvalue weighted by atomic mass is 9.81. The molecule has 0 aromatic carbocycles. The quantitative estimate of drug-likeness (QED) is 0.688. The molecule has 2 saturated heterocycles. The molecule has 2 heterocycles. The van der Waals surface area contributed by atoms with Gasteiger partial charge in [-0.05, 0) is 38.1 Å². The van der Waals surface area contributed by atoms with E-state index in [-0.39, 0.29) is 5.41 Å². The largest absolute Gasteiger partial charge is 0.381 e. The first-order valence-electron chi connectivity index (χ1n) is 7.04. The smallest absolute Gasteiger partial charge is 0.127 e. The Labute approximate surface area is 105 Å². The molecule has 98 valence electrons. The van der Waals surface area contributed by atoms with Crippen molar-refractivity contribution in [2.24, 2.45) is 11.3 Å². The van der Waals surface area contributed by atoms with E-state index in [1.165, 1.54) is 38.6 Å². The molecular formula is C14H25NO2. The Morgan fingerprint density at radius 2 is 2.18 bits per heavy atom. The van der Waals surface area contributed by atoms with Crippen molar-refractivity contribution in [1.82, 2.24) is 4.90 Å². The van der Waals surface area contributed by atoms with Crippen LogP contribution in [0.2, 0.25) is 0 Å². The molecule has 2 rings (SSSR count). The van der Waals surface area contributed by atoms with Gasteiger partial charge in [-0.25, -0.2) is 0 Å². The van der Waals surface area contributed by atoms with E-state index in [0.29, 0.717) is 0 Å². The minimum Gasteiger partial charge on any atom is -0.381 e. The van der Waals surface area contributed by atoms with Crippen molar-refractivity contribution in [3.63, 3.8) is 0 Å².